The zero-order chi connectivity index (χ0) is 15.6. The van der Waals surface area contributed by atoms with Crippen molar-refractivity contribution >= 4 is 0 Å². The third-order valence-electron chi connectivity index (χ3n) is 5.43. The average molecular weight is 306 g/mol. The van der Waals surface area contributed by atoms with E-state index >= 15 is 0 Å². The van der Waals surface area contributed by atoms with Gasteiger partial charge >= 0.3 is 0 Å². The standard InChI is InChI=1S/C17H30N4O/c1-4-21(14-15-12-18-20(3)13-15)16-5-10-22-17(11-16)6-8-19(2)9-7-17/h12-13,16H,4-11,14H2,1-3H3. The molecule has 22 heavy (non-hydrogen) atoms. The van der Waals surface area contributed by atoms with E-state index in [0.717, 1.165) is 26.1 Å². The monoisotopic (exact) mass is 306 g/mol. The molecule has 3 rings (SSSR count). The molecule has 2 saturated heterocycles. The highest BCUT2D eigenvalue weighted by Gasteiger charge is 2.41. The van der Waals surface area contributed by atoms with Crippen molar-refractivity contribution in [2.75, 3.05) is 33.3 Å². The Balaban J connectivity index is 1.64. The minimum atomic E-state index is 0.137. The van der Waals surface area contributed by atoms with E-state index < -0.39 is 0 Å². The highest BCUT2D eigenvalue weighted by Crippen LogP contribution is 2.36. The maximum absolute atomic E-state index is 6.26. The molecule has 5 nitrogen and oxygen atoms in total. The number of rotatable bonds is 4. The van der Waals surface area contributed by atoms with Gasteiger partial charge < -0.3 is 9.64 Å². The molecule has 1 atom stereocenters. The molecular weight excluding hydrogens is 276 g/mol. The predicted octanol–water partition coefficient (Wildman–Crippen LogP) is 1.89. The normalized spacial score (nSPS) is 25.9. The van der Waals surface area contributed by atoms with Gasteiger partial charge in [0.05, 0.1) is 11.8 Å². The van der Waals surface area contributed by atoms with Crippen LogP contribution in [0.4, 0.5) is 0 Å². The Hall–Kier alpha value is -0.910. The molecule has 1 spiro atoms. The first-order valence-corrected chi connectivity index (χ1v) is 8.64. The first-order chi connectivity index (χ1) is 10.6. The first kappa shape index (κ1) is 16.0. The Bertz CT molecular complexity index is 479. The number of ether oxygens (including phenoxy) is 1. The van der Waals surface area contributed by atoms with Crippen LogP contribution in [0.15, 0.2) is 12.4 Å². The SMILES string of the molecule is CCN(Cc1cnn(C)c1)C1CCOC2(CCN(C)CC2)C1. The van der Waals surface area contributed by atoms with Gasteiger partial charge in [0.2, 0.25) is 0 Å². The highest BCUT2D eigenvalue weighted by atomic mass is 16.5. The Morgan fingerprint density at radius 3 is 2.77 bits per heavy atom. The van der Waals surface area contributed by atoms with Gasteiger partial charge in [-0.05, 0) is 39.3 Å². The van der Waals surface area contributed by atoms with Crippen molar-refractivity contribution in [3.63, 3.8) is 0 Å². The summed E-state index contributed by atoms with van der Waals surface area (Å²) < 4.78 is 8.16. The molecule has 2 aliphatic rings. The van der Waals surface area contributed by atoms with Crippen molar-refractivity contribution in [1.29, 1.82) is 0 Å². The lowest BCUT2D eigenvalue weighted by Gasteiger charge is -2.48. The smallest absolute Gasteiger partial charge is 0.0721 e. The van der Waals surface area contributed by atoms with Crippen LogP contribution < -0.4 is 0 Å². The van der Waals surface area contributed by atoms with Gasteiger partial charge in [0, 0.05) is 51.1 Å². The first-order valence-electron chi connectivity index (χ1n) is 8.64. The molecule has 0 amide bonds. The van der Waals surface area contributed by atoms with Gasteiger partial charge in [0.25, 0.3) is 0 Å². The van der Waals surface area contributed by atoms with E-state index in [-0.39, 0.29) is 5.60 Å². The second-order valence-corrected chi connectivity index (χ2v) is 7.07. The van der Waals surface area contributed by atoms with Crippen LogP contribution in [-0.2, 0) is 18.3 Å². The van der Waals surface area contributed by atoms with Crippen LogP contribution in [0.5, 0.6) is 0 Å². The lowest BCUT2D eigenvalue weighted by atomic mass is 9.82. The molecule has 0 N–H and O–H groups in total. The van der Waals surface area contributed by atoms with Crippen LogP contribution >= 0.6 is 0 Å². The van der Waals surface area contributed by atoms with Gasteiger partial charge in [-0.3, -0.25) is 9.58 Å². The van der Waals surface area contributed by atoms with Crippen LogP contribution in [0.25, 0.3) is 0 Å². The fraction of sp³-hybridized carbons (Fsp3) is 0.824. The molecule has 1 unspecified atom stereocenters. The van der Waals surface area contributed by atoms with Gasteiger partial charge in [-0.1, -0.05) is 6.92 Å². The summed E-state index contributed by atoms with van der Waals surface area (Å²) in [5, 5.41) is 4.30. The number of piperidine rings is 1. The summed E-state index contributed by atoms with van der Waals surface area (Å²) in [6, 6.07) is 0.641. The summed E-state index contributed by atoms with van der Waals surface area (Å²) in [5.41, 5.74) is 1.45. The fourth-order valence-electron chi connectivity index (χ4n) is 3.98. The highest BCUT2D eigenvalue weighted by molar-refractivity contribution is 5.04. The zero-order valence-corrected chi connectivity index (χ0v) is 14.3. The minimum Gasteiger partial charge on any atom is -0.375 e. The topological polar surface area (TPSA) is 33.5 Å². The third kappa shape index (κ3) is 3.53. The number of aryl methyl sites for hydroxylation is 1. The van der Waals surface area contributed by atoms with Crippen LogP contribution in [0.2, 0.25) is 0 Å². The van der Waals surface area contributed by atoms with Gasteiger partial charge in [0.1, 0.15) is 0 Å². The number of hydrogen-bond donors (Lipinski definition) is 0. The van der Waals surface area contributed by atoms with E-state index in [9.17, 15) is 0 Å². The molecule has 3 heterocycles. The number of likely N-dealkylation sites (tertiary alicyclic amines) is 1. The Morgan fingerprint density at radius 1 is 1.36 bits per heavy atom. The second kappa shape index (κ2) is 6.69. The fourth-order valence-corrected chi connectivity index (χ4v) is 3.98. The Morgan fingerprint density at radius 2 is 2.14 bits per heavy atom. The summed E-state index contributed by atoms with van der Waals surface area (Å²) in [4.78, 5) is 5.03. The molecule has 5 heteroatoms. The quantitative estimate of drug-likeness (QED) is 0.850. The Labute approximate surface area is 134 Å². The molecular formula is C17H30N4O. The number of nitrogens with zero attached hydrogens (tertiary/aromatic N) is 4. The molecule has 2 fully saturated rings. The number of aromatic nitrogens is 2. The van der Waals surface area contributed by atoms with Crippen molar-refractivity contribution in [1.82, 2.24) is 19.6 Å². The third-order valence-corrected chi connectivity index (χ3v) is 5.43. The van der Waals surface area contributed by atoms with E-state index in [1.165, 1.54) is 37.9 Å². The van der Waals surface area contributed by atoms with Crippen molar-refractivity contribution in [3.05, 3.63) is 18.0 Å². The summed E-state index contributed by atoms with van der Waals surface area (Å²) in [6.07, 6.45) is 8.84. The van der Waals surface area contributed by atoms with Crippen molar-refractivity contribution in [2.24, 2.45) is 7.05 Å². The summed E-state index contributed by atoms with van der Waals surface area (Å²) >= 11 is 0. The minimum absolute atomic E-state index is 0.137. The molecule has 0 saturated carbocycles. The maximum atomic E-state index is 6.26. The molecule has 0 aromatic carbocycles. The van der Waals surface area contributed by atoms with Crippen LogP contribution in [0.1, 0.15) is 38.2 Å². The Kier molecular flexibility index (Phi) is 4.85. The van der Waals surface area contributed by atoms with Crippen LogP contribution in [-0.4, -0.2) is 64.5 Å². The molecule has 0 aliphatic carbocycles. The molecule has 124 valence electrons. The molecule has 1 aromatic heterocycles. The lowest BCUT2D eigenvalue weighted by molar-refractivity contribution is -0.131. The molecule has 0 bridgehead atoms. The van der Waals surface area contributed by atoms with E-state index in [2.05, 4.69) is 35.1 Å². The van der Waals surface area contributed by atoms with E-state index in [0.29, 0.717) is 6.04 Å². The van der Waals surface area contributed by atoms with E-state index in [1.807, 2.05) is 17.9 Å². The lowest BCUT2D eigenvalue weighted by Crippen LogP contribution is -2.53. The maximum Gasteiger partial charge on any atom is 0.0721 e. The van der Waals surface area contributed by atoms with Gasteiger partial charge in [-0.15, -0.1) is 0 Å². The van der Waals surface area contributed by atoms with Crippen molar-refractivity contribution in [2.45, 2.75) is 50.8 Å². The van der Waals surface area contributed by atoms with Crippen molar-refractivity contribution < 1.29 is 4.74 Å². The molecule has 1 aromatic rings. The van der Waals surface area contributed by atoms with Gasteiger partial charge in [-0.25, -0.2) is 0 Å². The van der Waals surface area contributed by atoms with Gasteiger partial charge in [0.15, 0.2) is 0 Å². The van der Waals surface area contributed by atoms with Crippen LogP contribution in [0, 0.1) is 0 Å². The molecule has 0 radical (unpaired) electrons. The average Bonchev–Trinajstić information content (AvgIpc) is 2.94. The summed E-state index contributed by atoms with van der Waals surface area (Å²) in [6.45, 7) is 7.62. The predicted molar refractivity (Wildman–Crippen MR) is 87.7 cm³/mol. The largest absolute Gasteiger partial charge is 0.375 e. The summed E-state index contributed by atoms with van der Waals surface area (Å²) in [5.74, 6) is 0. The van der Waals surface area contributed by atoms with E-state index in [4.69, 9.17) is 4.74 Å². The summed E-state index contributed by atoms with van der Waals surface area (Å²) in [7, 11) is 4.20. The number of hydrogen-bond acceptors (Lipinski definition) is 4. The van der Waals surface area contributed by atoms with Crippen molar-refractivity contribution in [3.8, 4) is 0 Å². The van der Waals surface area contributed by atoms with Crippen LogP contribution in [0.3, 0.4) is 0 Å². The second-order valence-electron chi connectivity index (χ2n) is 7.07. The van der Waals surface area contributed by atoms with E-state index in [1.54, 1.807) is 0 Å². The molecule has 2 aliphatic heterocycles. The zero-order valence-electron chi connectivity index (χ0n) is 14.3. The van der Waals surface area contributed by atoms with Gasteiger partial charge in [-0.2, -0.15) is 5.10 Å².